The van der Waals surface area contributed by atoms with Gasteiger partial charge in [-0.3, -0.25) is 0 Å². The van der Waals surface area contributed by atoms with E-state index >= 15 is 0 Å². The van der Waals surface area contributed by atoms with Gasteiger partial charge in [0.2, 0.25) is 0 Å². The third-order valence-electron chi connectivity index (χ3n) is 3.32. The maximum absolute atomic E-state index is 5.34. The molecule has 23 heavy (non-hydrogen) atoms. The number of methoxy groups -OCH3 is 1. The van der Waals surface area contributed by atoms with Gasteiger partial charge in [0.05, 0.1) is 12.8 Å². The zero-order chi connectivity index (χ0) is 16.2. The quantitative estimate of drug-likeness (QED) is 0.424. The molecule has 1 aromatic heterocycles. The molecule has 0 amide bonds. The van der Waals surface area contributed by atoms with E-state index in [1.165, 1.54) is 5.56 Å². The van der Waals surface area contributed by atoms with Crippen LogP contribution in [0.3, 0.4) is 0 Å². The molecule has 1 aromatic carbocycles. The summed E-state index contributed by atoms with van der Waals surface area (Å²) in [6.07, 6.45) is 3.47. The molecule has 2 N–H and O–H groups in total. The van der Waals surface area contributed by atoms with Crippen LogP contribution >= 0.6 is 0 Å². The molecule has 5 nitrogen and oxygen atoms in total. The summed E-state index contributed by atoms with van der Waals surface area (Å²) in [5.74, 6) is 1.79. The SMILES string of the molecule is COCCCNC(=NCc1ccccc1)NCCc1ccco1. The topological polar surface area (TPSA) is 58.8 Å². The molecule has 0 atom stereocenters. The van der Waals surface area contributed by atoms with Crippen molar-refractivity contribution in [3.8, 4) is 0 Å². The molecule has 0 unspecified atom stereocenters. The summed E-state index contributed by atoms with van der Waals surface area (Å²) in [4.78, 5) is 4.63. The van der Waals surface area contributed by atoms with Gasteiger partial charge in [0, 0.05) is 33.2 Å². The van der Waals surface area contributed by atoms with E-state index in [9.17, 15) is 0 Å². The molecule has 2 rings (SSSR count). The predicted molar refractivity (Wildman–Crippen MR) is 92.5 cm³/mol. The van der Waals surface area contributed by atoms with E-state index in [-0.39, 0.29) is 0 Å². The second-order valence-electron chi connectivity index (χ2n) is 5.18. The lowest BCUT2D eigenvalue weighted by Crippen LogP contribution is -2.39. The molecule has 0 aliphatic rings. The minimum absolute atomic E-state index is 0.654. The highest BCUT2D eigenvalue weighted by molar-refractivity contribution is 5.79. The molecule has 0 aliphatic carbocycles. The third kappa shape index (κ3) is 7.02. The van der Waals surface area contributed by atoms with Crippen LogP contribution in [0.15, 0.2) is 58.1 Å². The first kappa shape index (κ1) is 17.1. The Morgan fingerprint density at radius 3 is 2.65 bits per heavy atom. The molecule has 0 radical (unpaired) electrons. The van der Waals surface area contributed by atoms with Crippen LogP contribution in [0.4, 0.5) is 0 Å². The van der Waals surface area contributed by atoms with E-state index in [1.807, 2.05) is 30.3 Å². The Bertz CT molecular complexity index is 553. The van der Waals surface area contributed by atoms with E-state index < -0.39 is 0 Å². The highest BCUT2D eigenvalue weighted by atomic mass is 16.5. The van der Waals surface area contributed by atoms with Crippen molar-refractivity contribution >= 4 is 5.96 Å². The highest BCUT2D eigenvalue weighted by Crippen LogP contribution is 2.01. The zero-order valence-corrected chi connectivity index (χ0v) is 13.6. The predicted octanol–water partition coefficient (Wildman–Crippen LogP) is 2.59. The van der Waals surface area contributed by atoms with Crippen LogP contribution in [-0.2, 0) is 17.7 Å². The summed E-state index contributed by atoms with van der Waals surface area (Å²) in [5, 5.41) is 6.68. The fourth-order valence-electron chi connectivity index (χ4n) is 2.11. The van der Waals surface area contributed by atoms with E-state index in [0.717, 1.165) is 44.3 Å². The maximum Gasteiger partial charge on any atom is 0.191 e. The van der Waals surface area contributed by atoms with Crippen LogP contribution in [0, 0.1) is 0 Å². The Labute approximate surface area is 137 Å². The largest absolute Gasteiger partial charge is 0.469 e. The number of furan rings is 1. The van der Waals surface area contributed by atoms with Gasteiger partial charge < -0.3 is 19.8 Å². The first-order valence-corrected chi connectivity index (χ1v) is 7.96. The molecule has 0 fully saturated rings. The highest BCUT2D eigenvalue weighted by Gasteiger charge is 2.00. The Morgan fingerprint density at radius 1 is 1.09 bits per heavy atom. The van der Waals surface area contributed by atoms with Crippen LogP contribution in [0.25, 0.3) is 0 Å². The molecule has 0 saturated carbocycles. The van der Waals surface area contributed by atoms with Gasteiger partial charge in [0.25, 0.3) is 0 Å². The van der Waals surface area contributed by atoms with Crippen molar-refractivity contribution in [1.29, 1.82) is 0 Å². The number of ether oxygens (including phenoxy) is 1. The molecule has 0 spiro atoms. The maximum atomic E-state index is 5.34. The van der Waals surface area contributed by atoms with Crippen LogP contribution in [0.5, 0.6) is 0 Å². The zero-order valence-electron chi connectivity index (χ0n) is 13.6. The second-order valence-corrected chi connectivity index (χ2v) is 5.18. The van der Waals surface area contributed by atoms with E-state index in [2.05, 4.69) is 27.8 Å². The Hall–Kier alpha value is -2.27. The summed E-state index contributed by atoms with van der Waals surface area (Å²) in [5.41, 5.74) is 1.19. The molecule has 124 valence electrons. The number of nitrogens with zero attached hydrogens (tertiary/aromatic N) is 1. The first-order chi connectivity index (χ1) is 11.4. The van der Waals surface area contributed by atoms with Crippen molar-refractivity contribution in [2.24, 2.45) is 4.99 Å². The minimum atomic E-state index is 0.654. The fraction of sp³-hybridized carbons (Fsp3) is 0.389. The lowest BCUT2D eigenvalue weighted by atomic mass is 10.2. The van der Waals surface area contributed by atoms with Crippen molar-refractivity contribution in [3.63, 3.8) is 0 Å². The second kappa shape index (κ2) is 10.5. The van der Waals surface area contributed by atoms with E-state index in [1.54, 1.807) is 13.4 Å². The average molecular weight is 315 g/mol. The minimum Gasteiger partial charge on any atom is -0.469 e. The first-order valence-electron chi connectivity index (χ1n) is 7.96. The number of nitrogens with one attached hydrogen (secondary N) is 2. The van der Waals surface area contributed by atoms with E-state index in [4.69, 9.17) is 9.15 Å². The molecule has 1 heterocycles. The lowest BCUT2D eigenvalue weighted by Gasteiger charge is -2.12. The van der Waals surface area contributed by atoms with Crippen molar-refractivity contribution in [2.75, 3.05) is 26.8 Å². The smallest absolute Gasteiger partial charge is 0.191 e. The van der Waals surface area contributed by atoms with Crippen LogP contribution in [0.2, 0.25) is 0 Å². The third-order valence-corrected chi connectivity index (χ3v) is 3.32. The summed E-state index contributed by atoms with van der Waals surface area (Å²) >= 11 is 0. The Kier molecular flexibility index (Phi) is 7.77. The van der Waals surface area contributed by atoms with Crippen molar-refractivity contribution in [2.45, 2.75) is 19.4 Å². The van der Waals surface area contributed by atoms with Gasteiger partial charge in [-0.2, -0.15) is 0 Å². The van der Waals surface area contributed by atoms with Crippen molar-refractivity contribution in [3.05, 3.63) is 60.1 Å². The molecule has 0 saturated heterocycles. The van der Waals surface area contributed by atoms with E-state index in [0.29, 0.717) is 6.54 Å². The monoisotopic (exact) mass is 315 g/mol. The van der Waals surface area contributed by atoms with Gasteiger partial charge in [-0.25, -0.2) is 4.99 Å². The summed E-state index contributed by atoms with van der Waals surface area (Å²) in [7, 11) is 1.71. The Morgan fingerprint density at radius 2 is 1.91 bits per heavy atom. The number of aliphatic imine (C=N–C) groups is 1. The van der Waals surface area contributed by atoms with Crippen LogP contribution in [-0.4, -0.2) is 32.8 Å². The molecular weight excluding hydrogens is 290 g/mol. The molecule has 5 heteroatoms. The summed E-state index contributed by atoms with van der Waals surface area (Å²) in [6, 6.07) is 14.1. The fourth-order valence-corrected chi connectivity index (χ4v) is 2.11. The van der Waals surface area contributed by atoms with Crippen LogP contribution < -0.4 is 10.6 Å². The van der Waals surface area contributed by atoms with Crippen molar-refractivity contribution < 1.29 is 9.15 Å². The number of hydrogen-bond acceptors (Lipinski definition) is 3. The number of hydrogen-bond donors (Lipinski definition) is 2. The normalized spacial score (nSPS) is 11.4. The molecule has 0 bridgehead atoms. The molecular formula is C18H25N3O2. The van der Waals surface area contributed by atoms with Gasteiger partial charge in [-0.1, -0.05) is 30.3 Å². The van der Waals surface area contributed by atoms with Gasteiger partial charge in [-0.05, 0) is 24.1 Å². The lowest BCUT2D eigenvalue weighted by molar-refractivity contribution is 0.195. The van der Waals surface area contributed by atoms with Gasteiger partial charge >= 0.3 is 0 Å². The number of guanidine groups is 1. The van der Waals surface area contributed by atoms with Gasteiger partial charge in [0.15, 0.2) is 5.96 Å². The van der Waals surface area contributed by atoms with Crippen molar-refractivity contribution in [1.82, 2.24) is 10.6 Å². The van der Waals surface area contributed by atoms with Gasteiger partial charge in [-0.15, -0.1) is 0 Å². The van der Waals surface area contributed by atoms with Gasteiger partial charge in [0.1, 0.15) is 5.76 Å². The number of rotatable bonds is 9. The Balaban J connectivity index is 1.82. The van der Waals surface area contributed by atoms with Crippen LogP contribution in [0.1, 0.15) is 17.7 Å². The summed E-state index contributed by atoms with van der Waals surface area (Å²) in [6.45, 7) is 3.00. The standard InChI is InChI=1S/C18H25N3O2/c1-22-13-6-11-19-18(20-12-10-17-9-5-14-23-17)21-15-16-7-3-2-4-8-16/h2-5,7-9,14H,6,10-13,15H2,1H3,(H2,19,20,21). The molecule has 0 aliphatic heterocycles. The molecule has 2 aromatic rings. The summed E-state index contributed by atoms with van der Waals surface area (Å²) < 4.78 is 10.4. The number of benzene rings is 1. The average Bonchev–Trinajstić information content (AvgIpc) is 3.10.